The summed E-state index contributed by atoms with van der Waals surface area (Å²) in [5, 5.41) is 0. The Kier molecular flexibility index (Phi) is 3.59. The molecule has 1 aliphatic carbocycles. The van der Waals surface area contributed by atoms with Crippen LogP contribution in [0.25, 0.3) is 0 Å². The molecule has 0 aliphatic heterocycles. The summed E-state index contributed by atoms with van der Waals surface area (Å²) < 4.78 is 0. The minimum Gasteiger partial charge on any atom is -0.102 e. The normalized spacial score (nSPS) is 28.1. The second kappa shape index (κ2) is 4.76. The van der Waals surface area contributed by atoms with Gasteiger partial charge in [-0.1, -0.05) is 49.5 Å². The molecule has 0 nitrogen and oxygen atoms in total. The highest BCUT2D eigenvalue weighted by atomic mass is 14.1. The maximum absolute atomic E-state index is 3.82. The van der Waals surface area contributed by atoms with Crippen molar-refractivity contribution in [3.63, 3.8) is 0 Å². The zero-order chi connectivity index (χ0) is 8.81. The van der Waals surface area contributed by atoms with Crippen LogP contribution in [-0.2, 0) is 0 Å². The molecule has 0 heteroatoms. The first kappa shape index (κ1) is 9.05. The zero-order valence-electron chi connectivity index (χ0n) is 7.61. The largest absolute Gasteiger partial charge is 0.102 e. The molecule has 64 valence electrons. The van der Waals surface area contributed by atoms with E-state index in [0.29, 0.717) is 11.8 Å². The van der Waals surface area contributed by atoms with Gasteiger partial charge in [0.25, 0.3) is 0 Å². The highest BCUT2D eigenvalue weighted by molar-refractivity contribution is 5.21. The maximum atomic E-state index is 3.82. The Morgan fingerprint density at radius 3 is 2.50 bits per heavy atom. The lowest BCUT2D eigenvalue weighted by Gasteiger charge is -2.16. The Hall–Kier alpha value is -1.04. The molecular formula is C12H16. The van der Waals surface area contributed by atoms with Crippen molar-refractivity contribution in [2.45, 2.75) is 13.3 Å². The number of allylic oxidation sites excluding steroid dienone is 7. The van der Waals surface area contributed by atoms with E-state index in [-0.39, 0.29) is 0 Å². The van der Waals surface area contributed by atoms with Gasteiger partial charge in [0.15, 0.2) is 0 Å². The predicted octanol–water partition coefficient (Wildman–Crippen LogP) is 3.50. The van der Waals surface area contributed by atoms with Crippen molar-refractivity contribution in [2.75, 3.05) is 0 Å². The van der Waals surface area contributed by atoms with Gasteiger partial charge in [-0.3, -0.25) is 0 Å². The van der Waals surface area contributed by atoms with E-state index in [1.165, 1.54) is 0 Å². The quantitative estimate of drug-likeness (QED) is 0.554. The Morgan fingerprint density at radius 2 is 1.92 bits per heavy atom. The molecule has 0 spiro atoms. The van der Waals surface area contributed by atoms with Crippen LogP contribution in [-0.4, -0.2) is 0 Å². The topological polar surface area (TPSA) is 0 Å². The summed E-state index contributed by atoms with van der Waals surface area (Å²) in [7, 11) is 0. The number of hydrogen-bond donors (Lipinski definition) is 0. The van der Waals surface area contributed by atoms with Crippen molar-refractivity contribution in [1.29, 1.82) is 0 Å². The van der Waals surface area contributed by atoms with Gasteiger partial charge in [0, 0.05) is 11.8 Å². The smallest absolute Gasteiger partial charge is 0.00472 e. The second-order valence-corrected chi connectivity index (χ2v) is 3.00. The molecule has 0 saturated carbocycles. The standard InChI is InChI=1S/C12H16/c1-3-5-8-12-10-7-6-9-11(12)4-2/h4-12H,2-3H2,1H3/b8-5-. The molecule has 2 atom stereocenters. The van der Waals surface area contributed by atoms with Crippen molar-refractivity contribution in [2.24, 2.45) is 11.8 Å². The number of hydrogen-bond acceptors (Lipinski definition) is 0. The summed E-state index contributed by atoms with van der Waals surface area (Å²) in [6.07, 6.45) is 16.2. The SMILES string of the molecule is C=CC1C=CC=CC1/C=C\CC. The van der Waals surface area contributed by atoms with Crippen LogP contribution in [0, 0.1) is 11.8 Å². The Balaban J connectivity index is 2.62. The third-order valence-corrected chi connectivity index (χ3v) is 2.09. The predicted molar refractivity (Wildman–Crippen MR) is 54.9 cm³/mol. The molecule has 0 fully saturated rings. The van der Waals surface area contributed by atoms with Gasteiger partial charge in [0.05, 0.1) is 0 Å². The van der Waals surface area contributed by atoms with Crippen molar-refractivity contribution >= 4 is 0 Å². The lowest BCUT2D eigenvalue weighted by molar-refractivity contribution is 0.667. The summed E-state index contributed by atoms with van der Waals surface area (Å²) in [6.45, 7) is 5.98. The first-order chi connectivity index (χ1) is 5.88. The van der Waals surface area contributed by atoms with Gasteiger partial charge in [0.1, 0.15) is 0 Å². The molecule has 0 amide bonds. The van der Waals surface area contributed by atoms with E-state index in [9.17, 15) is 0 Å². The lowest BCUT2D eigenvalue weighted by Crippen LogP contribution is -2.06. The van der Waals surface area contributed by atoms with E-state index in [1.54, 1.807) is 0 Å². The fourth-order valence-corrected chi connectivity index (χ4v) is 1.36. The third-order valence-electron chi connectivity index (χ3n) is 2.09. The molecule has 12 heavy (non-hydrogen) atoms. The molecule has 0 saturated heterocycles. The van der Waals surface area contributed by atoms with Crippen molar-refractivity contribution < 1.29 is 0 Å². The average molecular weight is 160 g/mol. The Bertz CT molecular complexity index is 218. The van der Waals surface area contributed by atoms with Crippen LogP contribution in [0.1, 0.15) is 13.3 Å². The van der Waals surface area contributed by atoms with E-state index >= 15 is 0 Å². The minimum atomic E-state index is 0.484. The van der Waals surface area contributed by atoms with Crippen LogP contribution < -0.4 is 0 Å². The highest BCUT2D eigenvalue weighted by Gasteiger charge is 2.11. The monoisotopic (exact) mass is 160 g/mol. The average Bonchev–Trinajstić information content (AvgIpc) is 2.15. The molecule has 0 aromatic heterocycles. The summed E-state index contributed by atoms with van der Waals surface area (Å²) in [5.41, 5.74) is 0. The Labute approximate surface area is 75.0 Å². The van der Waals surface area contributed by atoms with Gasteiger partial charge < -0.3 is 0 Å². The van der Waals surface area contributed by atoms with Crippen molar-refractivity contribution in [3.05, 3.63) is 49.1 Å². The van der Waals surface area contributed by atoms with Gasteiger partial charge in [0.2, 0.25) is 0 Å². The highest BCUT2D eigenvalue weighted by Crippen LogP contribution is 2.21. The molecule has 0 N–H and O–H groups in total. The van der Waals surface area contributed by atoms with E-state index < -0.39 is 0 Å². The fourth-order valence-electron chi connectivity index (χ4n) is 1.36. The molecule has 0 aromatic rings. The molecule has 1 aliphatic rings. The molecule has 0 radical (unpaired) electrons. The summed E-state index contributed by atoms with van der Waals surface area (Å²) >= 11 is 0. The Morgan fingerprint density at radius 1 is 1.25 bits per heavy atom. The first-order valence-electron chi connectivity index (χ1n) is 4.52. The molecule has 0 bridgehead atoms. The van der Waals surface area contributed by atoms with Gasteiger partial charge in [-0.2, -0.15) is 0 Å². The summed E-state index contributed by atoms with van der Waals surface area (Å²) in [4.78, 5) is 0. The van der Waals surface area contributed by atoms with Crippen LogP contribution in [0.2, 0.25) is 0 Å². The fraction of sp³-hybridized carbons (Fsp3) is 0.333. The van der Waals surface area contributed by atoms with Crippen LogP contribution in [0.5, 0.6) is 0 Å². The zero-order valence-corrected chi connectivity index (χ0v) is 7.61. The molecular weight excluding hydrogens is 144 g/mol. The lowest BCUT2D eigenvalue weighted by atomic mass is 9.88. The van der Waals surface area contributed by atoms with Gasteiger partial charge in [-0.15, -0.1) is 6.58 Å². The van der Waals surface area contributed by atoms with Crippen molar-refractivity contribution in [3.8, 4) is 0 Å². The van der Waals surface area contributed by atoms with E-state index in [1.807, 2.05) is 6.08 Å². The molecule has 1 rings (SSSR count). The minimum absolute atomic E-state index is 0.484. The number of rotatable bonds is 3. The molecule has 0 aromatic carbocycles. The van der Waals surface area contributed by atoms with Crippen molar-refractivity contribution in [1.82, 2.24) is 0 Å². The van der Waals surface area contributed by atoms with Gasteiger partial charge in [-0.25, -0.2) is 0 Å². The van der Waals surface area contributed by atoms with E-state index in [2.05, 4.69) is 50.0 Å². The summed E-state index contributed by atoms with van der Waals surface area (Å²) in [6, 6.07) is 0. The van der Waals surface area contributed by atoms with Gasteiger partial charge in [-0.05, 0) is 6.42 Å². The van der Waals surface area contributed by atoms with Crippen LogP contribution in [0.4, 0.5) is 0 Å². The third kappa shape index (κ3) is 2.23. The van der Waals surface area contributed by atoms with Crippen LogP contribution in [0.15, 0.2) is 49.1 Å². The second-order valence-electron chi connectivity index (χ2n) is 3.00. The van der Waals surface area contributed by atoms with E-state index in [4.69, 9.17) is 0 Å². The van der Waals surface area contributed by atoms with Crippen LogP contribution in [0.3, 0.4) is 0 Å². The van der Waals surface area contributed by atoms with E-state index in [0.717, 1.165) is 6.42 Å². The molecule has 0 heterocycles. The summed E-state index contributed by atoms with van der Waals surface area (Å²) in [5.74, 6) is 1.00. The van der Waals surface area contributed by atoms with Crippen LogP contribution >= 0.6 is 0 Å². The van der Waals surface area contributed by atoms with Gasteiger partial charge >= 0.3 is 0 Å². The molecule has 2 unspecified atom stereocenters. The first-order valence-corrected chi connectivity index (χ1v) is 4.52. The maximum Gasteiger partial charge on any atom is 0.00472 e.